The van der Waals surface area contributed by atoms with Gasteiger partial charge in [0.1, 0.15) is 0 Å². The maximum absolute atomic E-state index is 13.3. The summed E-state index contributed by atoms with van der Waals surface area (Å²) in [5, 5.41) is 3.67. The van der Waals surface area contributed by atoms with Crippen LogP contribution in [0.25, 0.3) is 0 Å². The number of nitrogens with one attached hydrogen (secondary N) is 1. The highest BCUT2D eigenvalue weighted by molar-refractivity contribution is 6.31. The number of halogens is 1. The van der Waals surface area contributed by atoms with Crippen LogP contribution in [-0.4, -0.2) is 6.03 Å². The number of rotatable bonds is 1. The number of nitrogens with zero attached hydrogens (tertiary/aromatic N) is 1. The summed E-state index contributed by atoms with van der Waals surface area (Å²) in [5.41, 5.74) is 5.77. The first-order valence-electron chi connectivity index (χ1n) is 8.67. The van der Waals surface area contributed by atoms with Crippen LogP contribution in [0, 0.1) is 6.92 Å². The monoisotopic (exact) mass is 362 g/mol. The van der Waals surface area contributed by atoms with Crippen molar-refractivity contribution < 1.29 is 4.79 Å². The van der Waals surface area contributed by atoms with E-state index < -0.39 is 0 Å². The Kier molecular flexibility index (Phi) is 4.39. The third-order valence-electron chi connectivity index (χ3n) is 4.84. The van der Waals surface area contributed by atoms with Crippen molar-refractivity contribution in [3.05, 3.63) is 88.4 Å². The zero-order valence-corrected chi connectivity index (χ0v) is 15.3. The van der Waals surface area contributed by atoms with Gasteiger partial charge in [-0.1, -0.05) is 54.1 Å². The van der Waals surface area contributed by atoms with Gasteiger partial charge in [0.2, 0.25) is 0 Å². The minimum atomic E-state index is -0.183. The van der Waals surface area contributed by atoms with Crippen molar-refractivity contribution in [2.45, 2.75) is 19.8 Å². The maximum atomic E-state index is 13.3. The lowest BCUT2D eigenvalue weighted by Gasteiger charge is -2.25. The number of urea groups is 1. The first-order valence-corrected chi connectivity index (χ1v) is 9.05. The van der Waals surface area contributed by atoms with Crippen LogP contribution in [0.4, 0.5) is 21.9 Å². The number of aryl methyl sites for hydroxylation is 2. The average molecular weight is 363 g/mol. The van der Waals surface area contributed by atoms with Crippen molar-refractivity contribution >= 4 is 34.7 Å². The van der Waals surface area contributed by atoms with Gasteiger partial charge in [0, 0.05) is 10.7 Å². The van der Waals surface area contributed by atoms with Gasteiger partial charge in [-0.2, -0.15) is 0 Å². The lowest BCUT2D eigenvalue weighted by Crippen LogP contribution is -2.31. The number of fused-ring (bicyclic) bond motifs is 2. The van der Waals surface area contributed by atoms with Gasteiger partial charge in [0.25, 0.3) is 0 Å². The molecule has 0 saturated heterocycles. The van der Waals surface area contributed by atoms with Crippen LogP contribution >= 0.6 is 11.6 Å². The summed E-state index contributed by atoms with van der Waals surface area (Å²) in [6.45, 7) is 1.91. The third kappa shape index (κ3) is 2.95. The van der Waals surface area contributed by atoms with Crippen LogP contribution in [0.1, 0.15) is 16.7 Å². The summed E-state index contributed by atoms with van der Waals surface area (Å²) in [6.07, 6.45) is 1.82. The quantitative estimate of drug-likeness (QED) is 0.555. The highest BCUT2D eigenvalue weighted by Gasteiger charge is 2.25. The summed E-state index contributed by atoms with van der Waals surface area (Å²) < 4.78 is 0. The van der Waals surface area contributed by atoms with Crippen molar-refractivity contribution in [3.8, 4) is 0 Å². The highest BCUT2D eigenvalue weighted by atomic mass is 35.5. The third-order valence-corrected chi connectivity index (χ3v) is 5.25. The molecule has 1 aliphatic heterocycles. The number of para-hydroxylation sites is 2. The molecule has 3 nitrogen and oxygen atoms in total. The van der Waals surface area contributed by atoms with E-state index in [0.29, 0.717) is 5.02 Å². The molecule has 3 aromatic carbocycles. The van der Waals surface area contributed by atoms with Crippen molar-refractivity contribution in [2.24, 2.45) is 0 Å². The maximum Gasteiger partial charge on any atom is 0.330 e. The minimum absolute atomic E-state index is 0.183. The second-order valence-corrected chi connectivity index (χ2v) is 6.84. The average Bonchev–Trinajstić information content (AvgIpc) is 2.82. The molecule has 1 N–H and O–H groups in total. The van der Waals surface area contributed by atoms with Gasteiger partial charge < -0.3 is 5.32 Å². The topological polar surface area (TPSA) is 32.3 Å². The Labute approximate surface area is 158 Å². The van der Waals surface area contributed by atoms with E-state index in [2.05, 4.69) is 17.4 Å². The van der Waals surface area contributed by atoms with Gasteiger partial charge in [-0.3, -0.25) is 4.90 Å². The number of benzene rings is 3. The van der Waals surface area contributed by atoms with Gasteiger partial charge >= 0.3 is 6.03 Å². The van der Waals surface area contributed by atoms with E-state index in [4.69, 9.17) is 11.6 Å². The molecule has 2 amide bonds. The van der Waals surface area contributed by atoms with Crippen LogP contribution in [0.2, 0.25) is 5.02 Å². The van der Waals surface area contributed by atoms with Gasteiger partial charge in [0.05, 0.1) is 11.4 Å². The molecule has 3 aromatic rings. The molecular weight excluding hydrogens is 344 g/mol. The SMILES string of the molecule is Cc1c(Cl)cccc1NC(=O)N1c2ccccc2CCc2ccccc21. The molecule has 0 saturated carbocycles. The molecule has 0 fully saturated rings. The number of amides is 2. The fourth-order valence-electron chi connectivity index (χ4n) is 3.41. The van der Waals surface area contributed by atoms with Gasteiger partial charge in [-0.25, -0.2) is 4.79 Å². The van der Waals surface area contributed by atoms with Crippen molar-refractivity contribution in [2.75, 3.05) is 10.2 Å². The molecule has 130 valence electrons. The van der Waals surface area contributed by atoms with Crippen LogP contribution in [0.5, 0.6) is 0 Å². The predicted octanol–water partition coefficient (Wildman–Crippen LogP) is 6.12. The largest absolute Gasteiger partial charge is 0.330 e. The molecule has 4 rings (SSSR count). The Morgan fingerprint density at radius 2 is 1.46 bits per heavy atom. The molecule has 0 atom stereocenters. The summed E-state index contributed by atoms with van der Waals surface area (Å²) >= 11 is 6.21. The fourth-order valence-corrected chi connectivity index (χ4v) is 3.59. The second kappa shape index (κ2) is 6.85. The smallest absolute Gasteiger partial charge is 0.307 e. The van der Waals surface area contributed by atoms with E-state index in [9.17, 15) is 4.79 Å². The Bertz CT molecular complexity index is 936. The Morgan fingerprint density at radius 3 is 2.08 bits per heavy atom. The van der Waals surface area contributed by atoms with E-state index in [1.54, 1.807) is 4.90 Å². The standard InChI is InChI=1S/C22H19ClN2O/c1-15-18(23)9-6-10-19(15)24-22(26)25-20-11-4-2-7-16(20)13-14-17-8-3-5-12-21(17)25/h2-12H,13-14H2,1H3,(H,24,26). The molecule has 1 aliphatic rings. The lowest BCUT2D eigenvalue weighted by molar-refractivity contribution is 0.259. The number of carbonyl (C=O) groups is 1. The minimum Gasteiger partial charge on any atom is -0.307 e. The predicted molar refractivity (Wildman–Crippen MR) is 108 cm³/mol. The molecule has 0 radical (unpaired) electrons. The van der Waals surface area contributed by atoms with Crippen molar-refractivity contribution in [3.63, 3.8) is 0 Å². The molecule has 0 unspecified atom stereocenters. The summed E-state index contributed by atoms with van der Waals surface area (Å²) in [7, 11) is 0. The Hall–Kier alpha value is -2.78. The van der Waals surface area contributed by atoms with E-state index >= 15 is 0 Å². The van der Waals surface area contributed by atoms with E-state index in [0.717, 1.165) is 35.5 Å². The molecule has 4 heteroatoms. The lowest BCUT2D eigenvalue weighted by atomic mass is 10.0. The molecule has 0 aliphatic carbocycles. The van der Waals surface area contributed by atoms with Gasteiger partial charge in [-0.05, 0) is 60.7 Å². The number of hydrogen-bond donors (Lipinski definition) is 1. The first-order chi connectivity index (χ1) is 12.6. The van der Waals surface area contributed by atoms with Crippen LogP contribution in [-0.2, 0) is 12.8 Å². The molecule has 1 heterocycles. The number of hydrogen-bond acceptors (Lipinski definition) is 1. The van der Waals surface area contributed by atoms with E-state index in [-0.39, 0.29) is 6.03 Å². The van der Waals surface area contributed by atoms with Crippen LogP contribution in [0.3, 0.4) is 0 Å². The summed E-state index contributed by atoms with van der Waals surface area (Å²) in [6, 6.07) is 21.5. The zero-order chi connectivity index (χ0) is 18.1. The second-order valence-electron chi connectivity index (χ2n) is 6.44. The molecule has 0 bridgehead atoms. The Morgan fingerprint density at radius 1 is 0.885 bits per heavy atom. The van der Waals surface area contributed by atoms with Crippen molar-refractivity contribution in [1.29, 1.82) is 0 Å². The fraction of sp³-hybridized carbons (Fsp3) is 0.136. The molecule has 26 heavy (non-hydrogen) atoms. The van der Waals surface area contributed by atoms with Gasteiger partial charge in [-0.15, -0.1) is 0 Å². The van der Waals surface area contributed by atoms with E-state index in [1.807, 2.05) is 61.5 Å². The Balaban J connectivity index is 1.79. The van der Waals surface area contributed by atoms with E-state index in [1.165, 1.54) is 11.1 Å². The van der Waals surface area contributed by atoms with Crippen LogP contribution in [0.15, 0.2) is 66.7 Å². The summed E-state index contributed by atoms with van der Waals surface area (Å²) in [5.74, 6) is 0. The van der Waals surface area contributed by atoms with Crippen LogP contribution < -0.4 is 10.2 Å². The number of anilines is 3. The number of carbonyl (C=O) groups excluding carboxylic acids is 1. The molecular formula is C22H19ClN2O. The van der Waals surface area contributed by atoms with Gasteiger partial charge in [0.15, 0.2) is 0 Å². The first kappa shape index (κ1) is 16.7. The zero-order valence-electron chi connectivity index (χ0n) is 14.5. The van der Waals surface area contributed by atoms with Crippen molar-refractivity contribution in [1.82, 2.24) is 0 Å². The highest BCUT2D eigenvalue weighted by Crippen LogP contribution is 2.36. The normalized spacial score (nSPS) is 12.8. The summed E-state index contributed by atoms with van der Waals surface area (Å²) in [4.78, 5) is 15.1. The molecule has 0 spiro atoms. The molecule has 0 aromatic heterocycles.